The highest BCUT2D eigenvalue weighted by Crippen LogP contribution is 2.30. The van der Waals surface area contributed by atoms with Gasteiger partial charge in [-0.25, -0.2) is 14.4 Å². The highest BCUT2D eigenvalue weighted by molar-refractivity contribution is 5.95. The zero-order chi connectivity index (χ0) is 13.3. The van der Waals surface area contributed by atoms with Gasteiger partial charge in [0.15, 0.2) is 0 Å². The molecule has 0 aliphatic carbocycles. The number of carboxylic acid groups (broad SMARTS) is 1. The molecule has 0 aliphatic rings. The van der Waals surface area contributed by atoms with Crippen molar-refractivity contribution < 1.29 is 14.3 Å². The van der Waals surface area contributed by atoms with E-state index in [1.807, 2.05) is 0 Å². The standard InChI is InChI=1S/C12H12FN3O2/c1-8-10(11(13)15(2)14-8)16(12(17)18)9-6-4-3-5-7-9/h3-7H,1-2H3,(H,17,18). The number of rotatable bonds is 2. The molecule has 0 unspecified atom stereocenters. The van der Waals surface area contributed by atoms with E-state index >= 15 is 0 Å². The number of hydrogen-bond donors (Lipinski definition) is 1. The van der Waals surface area contributed by atoms with Crippen molar-refractivity contribution in [3.05, 3.63) is 42.0 Å². The van der Waals surface area contributed by atoms with E-state index in [1.54, 1.807) is 37.3 Å². The van der Waals surface area contributed by atoms with Crippen LogP contribution in [0.5, 0.6) is 0 Å². The highest BCUT2D eigenvalue weighted by atomic mass is 19.1. The number of carbonyl (C=O) groups is 1. The van der Waals surface area contributed by atoms with E-state index < -0.39 is 12.0 Å². The van der Waals surface area contributed by atoms with Crippen molar-refractivity contribution in [1.29, 1.82) is 0 Å². The Morgan fingerprint density at radius 1 is 1.39 bits per heavy atom. The molecule has 0 saturated carbocycles. The minimum atomic E-state index is -1.25. The molecule has 2 rings (SSSR count). The average molecular weight is 249 g/mol. The van der Waals surface area contributed by atoms with Crippen molar-refractivity contribution in [2.75, 3.05) is 4.90 Å². The van der Waals surface area contributed by atoms with Crippen LogP contribution >= 0.6 is 0 Å². The fourth-order valence-electron chi connectivity index (χ4n) is 1.79. The molecular weight excluding hydrogens is 237 g/mol. The summed E-state index contributed by atoms with van der Waals surface area (Å²) in [6.45, 7) is 1.57. The maximum Gasteiger partial charge on any atom is 0.416 e. The predicted octanol–water partition coefficient (Wildman–Crippen LogP) is 2.68. The maximum atomic E-state index is 13.9. The van der Waals surface area contributed by atoms with Crippen molar-refractivity contribution in [2.45, 2.75) is 6.92 Å². The lowest BCUT2D eigenvalue weighted by Crippen LogP contribution is -2.25. The minimum Gasteiger partial charge on any atom is -0.464 e. The molecule has 2 aromatic rings. The molecule has 0 fully saturated rings. The van der Waals surface area contributed by atoms with Gasteiger partial charge in [0.05, 0.1) is 11.4 Å². The molecule has 1 aromatic heterocycles. The molecule has 0 aliphatic heterocycles. The molecular formula is C12H12FN3O2. The summed E-state index contributed by atoms with van der Waals surface area (Å²) < 4.78 is 14.9. The molecule has 18 heavy (non-hydrogen) atoms. The first-order valence-corrected chi connectivity index (χ1v) is 5.29. The summed E-state index contributed by atoms with van der Waals surface area (Å²) >= 11 is 0. The van der Waals surface area contributed by atoms with Gasteiger partial charge in [0.1, 0.15) is 5.69 Å². The number of aromatic nitrogens is 2. The van der Waals surface area contributed by atoms with E-state index in [-0.39, 0.29) is 5.69 Å². The molecule has 6 heteroatoms. The largest absolute Gasteiger partial charge is 0.464 e. The van der Waals surface area contributed by atoms with Crippen molar-refractivity contribution in [3.63, 3.8) is 0 Å². The number of aryl methyl sites for hydroxylation is 2. The molecule has 1 aromatic carbocycles. The second-order valence-corrected chi connectivity index (χ2v) is 3.80. The Morgan fingerprint density at radius 3 is 2.44 bits per heavy atom. The molecule has 1 N–H and O–H groups in total. The minimum absolute atomic E-state index is 0.0452. The Balaban J connectivity index is 2.59. The van der Waals surface area contributed by atoms with Gasteiger partial charge in [-0.1, -0.05) is 18.2 Å². The van der Waals surface area contributed by atoms with Gasteiger partial charge in [0, 0.05) is 7.05 Å². The van der Waals surface area contributed by atoms with Crippen molar-refractivity contribution in [1.82, 2.24) is 9.78 Å². The lowest BCUT2D eigenvalue weighted by atomic mass is 10.2. The molecule has 0 bridgehead atoms. The number of halogens is 1. The number of benzene rings is 1. The van der Waals surface area contributed by atoms with Crippen LogP contribution in [0, 0.1) is 12.9 Å². The molecule has 5 nitrogen and oxygen atoms in total. The number of amides is 1. The number of hydrogen-bond acceptors (Lipinski definition) is 2. The first kappa shape index (κ1) is 12.1. The van der Waals surface area contributed by atoms with E-state index in [1.165, 1.54) is 7.05 Å². The van der Waals surface area contributed by atoms with E-state index in [2.05, 4.69) is 5.10 Å². The van der Waals surface area contributed by atoms with E-state index in [0.29, 0.717) is 11.4 Å². The topological polar surface area (TPSA) is 58.4 Å². The lowest BCUT2D eigenvalue weighted by Gasteiger charge is -2.18. The first-order valence-electron chi connectivity index (χ1n) is 5.29. The zero-order valence-electron chi connectivity index (χ0n) is 9.96. The normalized spacial score (nSPS) is 10.4. The second kappa shape index (κ2) is 4.48. The van der Waals surface area contributed by atoms with Gasteiger partial charge < -0.3 is 5.11 Å². The van der Waals surface area contributed by atoms with E-state index in [9.17, 15) is 14.3 Å². The van der Waals surface area contributed by atoms with Crippen molar-refractivity contribution in [3.8, 4) is 0 Å². The number of para-hydroxylation sites is 1. The van der Waals surface area contributed by atoms with Gasteiger partial charge in [-0.2, -0.15) is 9.49 Å². The van der Waals surface area contributed by atoms with Gasteiger partial charge in [-0.05, 0) is 19.1 Å². The summed E-state index contributed by atoms with van der Waals surface area (Å²) in [5.74, 6) is -0.682. The Morgan fingerprint density at radius 2 is 2.00 bits per heavy atom. The van der Waals surface area contributed by atoms with Crippen LogP contribution in [0.1, 0.15) is 5.69 Å². The Hall–Kier alpha value is -2.37. The van der Waals surface area contributed by atoms with Gasteiger partial charge in [-0.3, -0.25) is 0 Å². The molecule has 0 radical (unpaired) electrons. The fraction of sp³-hybridized carbons (Fsp3) is 0.167. The monoisotopic (exact) mass is 249 g/mol. The lowest BCUT2D eigenvalue weighted by molar-refractivity contribution is 0.204. The van der Waals surface area contributed by atoms with Crippen LogP contribution < -0.4 is 4.90 Å². The maximum absolute atomic E-state index is 13.9. The molecule has 0 atom stereocenters. The Bertz CT molecular complexity index is 581. The van der Waals surface area contributed by atoms with Crippen molar-refractivity contribution >= 4 is 17.5 Å². The predicted molar refractivity (Wildman–Crippen MR) is 64.5 cm³/mol. The quantitative estimate of drug-likeness (QED) is 0.890. The fourth-order valence-corrected chi connectivity index (χ4v) is 1.79. The van der Waals surface area contributed by atoms with Gasteiger partial charge in [-0.15, -0.1) is 0 Å². The third-order valence-electron chi connectivity index (χ3n) is 2.55. The van der Waals surface area contributed by atoms with Crippen molar-refractivity contribution in [2.24, 2.45) is 7.05 Å². The van der Waals surface area contributed by atoms with Gasteiger partial charge in [0.2, 0.25) is 5.95 Å². The average Bonchev–Trinajstić information content (AvgIpc) is 2.57. The third-order valence-corrected chi connectivity index (χ3v) is 2.55. The molecule has 1 amide bonds. The van der Waals surface area contributed by atoms with Crippen LogP contribution in [-0.2, 0) is 7.05 Å². The Kier molecular flexibility index (Phi) is 3.01. The molecule has 1 heterocycles. The Labute approximate surface area is 103 Å². The van der Waals surface area contributed by atoms with Crippen LogP contribution in [0.3, 0.4) is 0 Å². The SMILES string of the molecule is Cc1nn(C)c(F)c1N(C(=O)O)c1ccccc1. The number of anilines is 2. The van der Waals surface area contributed by atoms with Crippen LogP contribution in [0.15, 0.2) is 30.3 Å². The van der Waals surface area contributed by atoms with E-state index in [0.717, 1.165) is 9.58 Å². The number of nitrogens with zero attached hydrogens (tertiary/aromatic N) is 3. The smallest absolute Gasteiger partial charge is 0.416 e. The second-order valence-electron chi connectivity index (χ2n) is 3.80. The zero-order valence-corrected chi connectivity index (χ0v) is 9.96. The molecule has 0 saturated heterocycles. The summed E-state index contributed by atoms with van der Waals surface area (Å²) in [7, 11) is 1.43. The summed E-state index contributed by atoms with van der Waals surface area (Å²) in [4.78, 5) is 12.2. The van der Waals surface area contributed by atoms with E-state index in [4.69, 9.17) is 0 Å². The van der Waals surface area contributed by atoms with Crippen LogP contribution in [0.4, 0.5) is 20.6 Å². The summed E-state index contributed by atoms with van der Waals surface area (Å²) in [5, 5.41) is 13.1. The van der Waals surface area contributed by atoms with Crippen LogP contribution in [-0.4, -0.2) is 21.0 Å². The summed E-state index contributed by atoms with van der Waals surface area (Å²) in [6.07, 6.45) is -1.25. The molecule has 94 valence electrons. The highest BCUT2D eigenvalue weighted by Gasteiger charge is 2.25. The van der Waals surface area contributed by atoms with Crippen LogP contribution in [0.25, 0.3) is 0 Å². The summed E-state index contributed by atoms with van der Waals surface area (Å²) in [6, 6.07) is 8.33. The van der Waals surface area contributed by atoms with Gasteiger partial charge in [0.25, 0.3) is 0 Å². The van der Waals surface area contributed by atoms with Gasteiger partial charge >= 0.3 is 6.09 Å². The summed E-state index contributed by atoms with van der Waals surface area (Å²) in [5.41, 5.74) is 0.650. The first-order chi connectivity index (χ1) is 8.52. The third kappa shape index (κ3) is 1.92. The van der Waals surface area contributed by atoms with Crippen LogP contribution in [0.2, 0.25) is 0 Å². The molecule has 0 spiro atoms.